The predicted octanol–water partition coefficient (Wildman–Crippen LogP) is 2.88. The first-order chi connectivity index (χ1) is 14.9. The number of aromatic nitrogens is 3. The van der Waals surface area contributed by atoms with Crippen LogP contribution >= 0.6 is 0 Å². The Hall–Kier alpha value is -4.58. The average Bonchev–Trinajstić information content (AvgIpc) is 3.32. The number of nitrogens with two attached hydrogens (primary N) is 1. The fourth-order valence-electron chi connectivity index (χ4n) is 3.37. The molecule has 2 heterocycles. The molecular weight excluding hydrogens is 398 g/mol. The third kappa shape index (κ3) is 3.58. The van der Waals surface area contributed by atoms with E-state index in [1.165, 1.54) is 23.9 Å². The number of hydrogen-bond acceptors (Lipinski definition) is 6. The standard InChI is InChI=1S/C22H17N5O4/c1-31-22(30)20-19(24)14(10-23)11-27(20)15-5-2-12(3-6-15)8-18-25-16-7-4-13(21(28)29)9-17(16)26-18/h2-7,9,11H,8,24H2,1H3,(H,25,26)(H,28,29). The van der Waals surface area contributed by atoms with Gasteiger partial charge in [0, 0.05) is 18.3 Å². The topological polar surface area (TPSA) is 147 Å². The molecule has 0 saturated heterocycles. The molecule has 0 aliphatic rings. The highest BCUT2D eigenvalue weighted by atomic mass is 16.5. The van der Waals surface area contributed by atoms with E-state index >= 15 is 0 Å². The number of fused-ring (bicyclic) bond motifs is 1. The molecule has 0 amide bonds. The molecule has 0 aliphatic carbocycles. The summed E-state index contributed by atoms with van der Waals surface area (Å²) in [5.41, 5.74) is 9.41. The highest BCUT2D eigenvalue weighted by molar-refractivity contribution is 5.96. The number of carbonyl (C=O) groups is 2. The summed E-state index contributed by atoms with van der Waals surface area (Å²) in [4.78, 5) is 30.9. The number of benzene rings is 2. The van der Waals surface area contributed by atoms with Gasteiger partial charge in [-0.05, 0) is 35.9 Å². The number of nitrogen functional groups attached to an aromatic ring is 1. The van der Waals surface area contributed by atoms with E-state index in [1.54, 1.807) is 24.3 Å². The number of esters is 1. The summed E-state index contributed by atoms with van der Waals surface area (Å²) < 4.78 is 6.32. The number of anilines is 1. The minimum atomic E-state index is -0.995. The lowest BCUT2D eigenvalue weighted by Crippen LogP contribution is -2.11. The van der Waals surface area contributed by atoms with Crippen molar-refractivity contribution < 1.29 is 19.4 Å². The Kier molecular flexibility index (Phi) is 4.89. The second-order valence-corrected chi connectivity index (χ2v) is 6.84. The number of ether oxygens (including phenoxy) is 1. The zero-order valence-corrected chi connectivity index (χ0v) is 16.4. The third-order valence-corrected chi connectivity index (χ3v) is 4.91. The predicted molar refractivity (Wildman–Crippen MR) is 112 cm³/mol. The number of nitrogens with one attached hydrogen (secondary N) is 1. The quantitative estimate of drug-likeness (QED) is 0.425. The molecule has 0 atom stereocenters. The Balaban J connectivity index is 1.62. The van der Waals surface area contributed by atoms with E-state index in [9.17, 15) is 14.9 Å². The molecule has 2 aromatic carbocycles. The van der Waals surface area contributed by atoms with Crippen LogP contribution in [0.2, 0.25) is 0 Å². The summed E-state index contributed by atoms with van der Waals surface area (Å²) >= 11 is 0. The van der Waals surface area contributed by atoms with Gasteiger partial charge in [-0.2, -0.15) is 5.26 Å². The maximum absolute atomic E-state index is 12.1. The summed E-state index contributed by atoms with van der Waals surface area (Å²) in [6, 6.07) is 14.0. The number of H-pyrrole nitrogens is 1. The van der Waals surface area contributed by atoms with Gasteiger partial charge in [0.1, 0.15) is 11.9 Å². The number of carboxylic acid groups (broad SMARTS) is 1. The maximum Gasteiger partial charge on any atom is 0.357 e. The average molecular weight is 415 g/mol. The second kappa shape index (κ2) is 7.68. The van der Waals surface area contributed by atoms with Crippen molar-refractivity contribution in [1.29, 1.82) is 5.26 Å². The van der Waals surface area contributed by atoms with Crippen molar-refractivity contribution in [2.75, 3.05) is 12.8 Å². The van der Waals surface area contributed by atoms with Crippen LogP contribution in [0.5, 0.6) is 0 Å². The first-order valence-corrected chi connectivity index (χ1v) is 9.21. The van der Waals surface area contributed by atoms with E-state index in [0.29, 0.717) is 29.0 Å². The lowest BCUT2D eigenvalue weighted by Gasteiger charge is -2.09. The summed E-state index contributed by atoms with van der Waals surface area (Å²) in [5, 5.41) is 18.4. The van der Waals surface area contributed by atoms with Gasteiger partial charge in [0.2, 0.25) is 0 Å². The van der Waals surface area contributed by atoms with Crippen molar-refractivity contribution in [1.82, 2.24) is 14.5 Å². The molecule has 4 aromatic rings. The molecule has 4 rings (SSSR count). The monoisotopic (exact) mass is 415 g/mol. The molecular formula is C22H17N5O4. The van der Waals surface area contributed by atoms with E-state index in [4.69, 9.17) is 15.6 Å². The van der Waals surface area contributed by atoms with Gasteiger partial charge in [-0.1, -0.05) is 12.1 Å². The number of methoxy groups -OCH3 is 1. The van der Waals surface area contributed by atoms with Crippen LogP contribution in [0.4, 0.5) is 5.69 Å². The number of imidazole rings is 1. The van der Waals surface area contributed by atoms with Crippen LogP contribution in [0.25, 0.3) is 16.7 Å². The third-order valence-electron chi connectivity index (χ3n) is 4.91. The van der Waals surface area contributed by atoms with E-state index in [1.807, 2.05) is 18.2 Å². The first-order valence-electron chi connectivity index (χ1n) is 9.21. The number of hydrogen-bond donors (Lipinski definition) is 3. The molecule has 0 aliphatic heterocycles. The van der Waals surface area contributed by atoms with Crippen LogP contribution in [0.15, 0.2) is 48.7 Å². The van der Waals surface area contributed by atoms with Gasteiger partial charge < -0.3 is 25.1 Å². The van der Waals surface area contributed by atoms with Gasteiger partial charge in [0.15, 0.2) is 5.69 Å². The summed E-state index contributed by atoms with van der Waals surface area (Å²) in [6.45, 7) is 0. The number of aromatic amines is 1. The van der Waals surface area contributed by atoms with Gasteiger partial charge in [-0.15, -0.1) is 0 Å². The smallest absolute Gasteiger partial charge is 0.357 e. The minimum Gasteiger partial charge on any atom is -0.478 e. The van der Waals surface area contributed by atoms with Crippen LogP contribution in [0, 0.1) is 11.3 Å². The minimum absolute atomic E-state index is 0.0708. The van der Waals surface area contributed by atoms with Crippen LogP contribution < -0.4 is 5.73 Å². The van der Waals surface area contributed by atoms with E-state index < -0.39 is 11.9 Å². The highest BCUT2D eigenvalue weighted by Crippen LogP contribution is 2.25. The zero-order valence-electron chi connectivity index (χ0n) is 16.4. The molecule has 0 fully saturated rings. The van der Waals surface area contributed by atoms with Crippen LogP contribution in [-0.2, 0) is 11.2 Å². The SMILES string of the molecule is COC(=O)c1c(N)c(C#N)cn1-c1ccc(Cc2nc3ccc(C(=O)O)cc3[nH]2)cc1. The number of carbonyl (C=O) groups excluding carboxylic acids is 1. The Morgan fingerprint density at radius 3 is 2.65 bits per heavy atom. The molecule has 154 valence electrons. The Bertz CT molecular complexity index is 1360. The van der Waals surface area contributed by atoms with Crippen molar-refractivity contribution >= 4 is 28.7 Å². The van der Waals surface area contributed by atoms with Crippen molar-refractivity contribution in [3.63, 3.8) is 0 Å². The molecule has 9 heteroatoms. The Morgan fingerprint density at radius 2 is 2.00 bits per heavy atom. The Morgan fingerprint density at radius 1 is 1.26 bits per heavy atom. The summed E-state index contributed by atoms with van der Waals surface area (Å²) in [5.74, 6) is -0.936. The summed E-state index contributed by atoms with van der Waals surface area (Å²) in [6.07, 6.45) is 1.99. The molecule has 2 aromatic heterocycles. The van der Waals surface area contributed by atoms with E-state index in [2.05, 4.69) is 9.97 Å². The van der Waals surface area contributed by atoms with Crippen molar-refractivity contribution in [2.45, 2.75) is 6.42 Å². The van der Waals surface area contributed by atoms with Crippen molar-refractivity contribution in [3.8, 4) is 11.8 Å². The second-order valence-electron chi connectivity index (χ2n) is 6.84. The largest absolute Gasteiger partial charge is 0.478 e. The molecule has 0 bridgehead atoms. The first kappa shape index (κ1) is 19.7. The highest BCUT2D eigenvalue weighted by Gasteiger charge is 2.21. The summed E-state index contributed by atoms with van der Waals surface area (Å²) in [7, 11) is 1.25. The number of rotatable bonds is 5. The molecule has 31 heavy (non-hydrogen) atoms. The number of carboxylic acids is 1. The fourth-order valence-corrected chi connectivity index (χ4v) is 3.37. The molecule has 0 saturated carbocycles. The zero-order chi connectivity index (χ0) is 22.1. The van der Waals surface area contributed by atoms with Gasteiger partial charge >= 0.3 is 11.9 Å². The van der Waals surface area contributed by atoms with Gasteiger partial charge in [0.25, 0.3) is 0 Å². The number of nitrogens with zero attached hydrogens (tertiary/aromatic N) is 3. The lowest BCUT2D eigenvalue weighted by molar-refractivity contribution is 0.0592. The van der Waals surface area contributed by atoms with Gasteiger partial charge in [-0.25, -0.2) is 14.6 Å². The van der Waals surface area contributed by atoms with Gasteiger partial charge in [0.05, 0.1) is 35.0 Å². The van der Waals surface area contributed by atoms with Crippen LogP contribution in [-0.4, -0.2) is 38.7 Å². The normalized spacial score (nSPS) is 10.7. The van der Waals surface area contributed by atoms with E-state index in [0.717, 1.165) is 5.56 Å². The van der Waals surface area contributed by atoms with Crippen molar-refractivity contribution in [3.05, 3.63) is 76.9 Å². The molecule has 0 unspecified atom stereocenters. The Labute approximate surface area is 176 Å². The molecule has 0 radical (unpaired) electrons. The van der Waals surface area contributed by atoms with Crippen LogP contribution in [0.3, 0.4) is 0 Å². The van der Waals surface area contributed by atoms with E-state index in [-0.39, 0.29) is 22.5 Å². The lowest BCUT2D eigenvalue weighted by atomic mass is 10.1. The fraction of sp³-hybridized carbons (Fsp3) is 0.0909. The number of nitriles is 1. The van der Waals surface area contributed by atoms with Crippen molar-refractivity contribution in [2.24, 2.45) is 0 Å². The molecule has 0 spiro atoms. The number of aromatic carboxylic acids is 1. The maximum atomic E-state index is 12.1. The molecule has 4 N–H and O–H groups in total. The van der Waals surface area contributed by atoms with Gasteiger partial charge in [-0.3, -0.25) is 0 Å². The van der Waals surface area contributed by atoms with Crippen LogP contribution in [0.1, 0.15) is 37.8 Å². The molecule has 9 nitrogen and oxygen atoms in total.